The van der Waals surface area contributed by atoms with E-state index in [1.54, 1.807) is 35.0 Å². The van der Waals surface area contributed by atoms with E-state index in [4.69, 9.17) is 5.26 Å². The SMILES string of the molecule is Cn1ccnc1C(O)C1CCCN(c2c(F)cc(C#N)cc2F)C1. The molecule has 2 aromatic rings. The molecule has 0 radical (unpaired) electrons. The number of nitrogens with zero attached hydrogens (tertiary/aromatic N) is 4. The number of piperidine rings is 1. The second-order valence-electron chi connectivity index (χ2n) is 6.09. The molecule has 126 valence electrons. The Morgan fingerprint density at radius 1 is 1.38 bits per heavy atom. The number of rotatable bonds is 3. The molecule has 5 nitrogen and oxygen atoms in total. The van der Waals surface area contributed by atoms with Gasteiger partial charge in [-0.2, -0.15) is 5.26 Å². The molecule has 2 unspecified atom stereocenters. The van der Waals surface area contributed by atoms with E-state index in [1.807, 2.05) is 0 Å². The number of aliphatic hydroxyl groups is 1. The minimum atomic E-state index is -0.794. The molecule has 1 aliphatic heterocycles. The van der Waals surface area contributed by atoms with Gasteiger partial charge in [-0.1, -0.05) is 0 Å². The molecular formula is C17H18F2N4O. The zero-order valence-corrected chi connectivity index (χ0v) is 13.3. The lowest BCUT2D eigenvalue weighted by Crippen LogP contribution is -2.39. The maximum Gasteiger partial charge on any atom is 0.150 e. The largest absolute Gasteiger partial charge is 0.385 e. The molecule has 0 aliphatic carbocycles. The Balaban J connectivity index is 1.84. The third-order valence-corrected chi connectivity index (χ3v) is 4.49. The van der Waals surface area contributed by atoms with Gasteiger partial charge in [-0.05, 0) is 25.0 Å². The number of nitriles is 1. The minimum Gasteiger partial charge on any atom is -0.385 e. The van der Waals surface area contributed by atoms with Gasteiger partial charge in [0.25, 0.3) is 0 Å². The van der Waals surface area contributed by atoms with Crippen molar-refractivity contribution >= 4 is 5.69 Å². The number of aliphatic hydroxyl groups excluding tert-OH is 1. The van der Waals surface area contributed by atoms with Gasteiger partial charge in [-0.25, -0.2) is 13.8 Å². The molecule has 0 amide bonds. The van der Waals surface area contributed by atoms with Crippen LogP contribution < -0.4 is 4.90 Å². The maximum absolute atomic E-state index is 14.2. The summed E-state index contributed by atoms with van der Waals surface area (Å²) in [5.41, 5.74) is -0.180. The van der Waals surface area contributed by atoms with Gasteiger partial charge in [0.15, 0.2) is 11.6 Å². The van der Waals surface area contributed by atoms with Crippen LogP contribution in [0.2, 0.25) is 0 Å². The lowest BCUT2D eigenvalue weighted by molar-refractivity contribution is 0.0872. The Kier molecular flexibility index (Phi) is 4.49. The lowest BCUT2D eigenvalue weighted by Gasteiger charge is -2.36. The van der Waals surface area contributed by atoms with Gasteiger partial charge in [0.1, 0.15) is 17.6 Å². The van der Waals surface area contributed by atoms with Crippen molar-refractivity contribution in [1.29, 1.82) is 5.26 Å². The van der Waals surface area contributed by atoms with E-state index in [0.29, 0.717) is 25.3 Å². The second-order valence-corrected chi connectivity index (χ2v) is 6.09. The molecular weight excluding hydrogens is 314 g/mol. The van der Waals surface area contributed by atoms with Crippen molar-refractivity contribution in [3.8, 4) is 6.07 Å². The van der Waals surface area contributed by atoms with Crippen LogP contribution in [0.1, 0.15) is 30.3 Å². The van der Waals surface area contributed by atoms with Gasteiger partial charge in [-0.15, -0.1) is 0 Å². The van der Waals surface area contributed by atoms with Gasteiger partial charge in [0, 0.05) is 38.4 Å². The zero-order valence-electron chi connectivity index (χ0n) is 13.3. The van der Waals surface area contributed by atoms with Gasteiger partial charge in [0.2, 0.25) is 0 Å². The number of anilines is 1. The van der Waals surface area contributed by atoms with E-state index in [1.165, 1.54) is 0 Å². The number of hydrogen-bond donors (Lipinski definition) is 1. The van der Waals surface area contributed by atoms with E-state index in [9.17, 15) is 13.9 Å². The smallest absolute Gasteiger partial charge is 0.150 e. The number of halogens is 2. The summed E-state index contributed by atoms with van der Waals surface area (Å²) in [7, 11) is 1.80. The van der Waals surface area contributed by atoms with Crippen LogP contribution in [0.15, 0.2) is 24.5 Å². The summed E-state index contributed by atoms with van der Waals surface area (Å²) in [5, 5.41) is 19.4. The molecule has 2 atom stereocenters. The molecule has 1 aliphatic rings. The first-order chi connectivity index (χ1) is 11.5. The molecule has 1 N–H and O–H groups in total. The fraction of sp³-hybridized carbons (Fsp3) is 0.412. The average Bonchev–Trinajstić information content (AvgIpc) is 2.99. The number of imidazole rings is 1. The van der Waals surface area contributed by atoms with E-state index in [0.717, 1.165) is 18.6 Å². The van der Waals surface area contributed by atoms with E-state index in [2.05, 4.69) is 4.98 Å². The quantitative estimate of drug-likeness (QED) is 0.938. The van der Waals surface area contributed by atoms with Gasteiger partial charge >= 0.3 is 0 Å². The Labute approximate surface area is 138 Å². The van der Waals surface area contributed by atoms with Gasteiger partial charge in [-0.3, -0.25) is 0 Å². The maximum atomic E-state index is 14.2. The first-order valence-corrected chi connectivity index (χ1v) is 7.80. The fourth-order valence-corrected chi connectivity index (χ4v) is 3.28. The highest BCUT2D eigenvalue weighted by Crippen LogP contribution is 2.33. The summed E-state index contributed by atoms with van der Waals surface area (Å²) >= 11 is 0. The summed E-state index contributed by atoms with van der Waals surface area (Å²) in [6.07, 6.45) is 4.03. The standard InChI is InChI=1S/C17H18F2N4O/c1-22-6-4-21-17(22)16(24)12-3-2-5-23(10-12)15-13(18)7-11(9-20)8-14(15)19/h4,6-8,12,16,24H,2-3,5,10H2,1H3. The molecule has 7 heteroatoms. The molecule has 1 fully saturated rings. The van der Waals surface area contributed by atoms with Crippen molar-refractivity contribution in [3.05, 3.63) is 47.5 Å². The van der Waals surface area contributed by atoms with Crippen molar-refractivity contribution in [2.75, 3.05) is 18.0 Å². The van der Waals surface area contributed by atoms with Crippen molar-refractivity contribution in [2.45, 2.75) is 18.9 Å². The first kappa shape index (κ1) is 16.4. The van der Waals surface area contributed by atoms with Gasteiger partial charge in [0.05, 0.1) is 11.6 Å². The van der Waals surface area contributed by atoms with Crippen molar-refractivity contribution in [1.82, 2.24) is 9.55 Å². The van der Waals surface area contributed by atoms with E-state index >= 15 is 0 Å². The third kappa shape index (κ3) is 2.97. The van der Waals surface area contributed by atoms with E-state index < -0.39 is 17.7 Å². The Morgan fingerprint density at radius 3 is 2.67 bits per heavy atom. The highest BCUT2D eigenvalue weighted by Gasteiger charge is 2.31. The van der Waals surface area contributed by atoms with Crippen LogP contribution in [0.3, 0.4) is 0 Å². The van der Waals surface area contributed by atoms with Crippen LogP contribution >= 0.6 is 0 Å². The molecule has 2 heterocycles. The number of hydrogen-bond acceptors (Lipinski definition) is 4. The monoisotopic (exact) mass is 332 g/mol. The number of aryl methyl sites for hydroxylation is 1. The molecule has 0 bridgehead atoms. The Morgan fingerprint density at radius 2 is 2.08 bits per heavy atom. The first-order valence-electron chi connectivity index (χ1n) is 7.80. The average molecular weight is 332 g/mol. The number of benzene rings is 1. The van der Waals surface area contributed by atoms with Crippen LogP contribution in [0.4, 0.5) is 14.5 Å². The van der Waals surface area contributed by atoms with Crippen LogP contribution in [0.5, 0.6) is 0 Å². The Hall–Kier alpha value is -2.46. The summed E-state index contributed by atoms with van der Waals surface area (Å²) in [5.74, 6) is -1.13. The highest BCUT2D eigenvalue weighted by molar-refractivity contribution is 5.53. The molecule has 1 aromatic heterocycles. The third-order valence-electron chi connectivity index (χ3n) is 4.49. The Bertz CT molecular complexity index is 760. The van der Waals surface area contributed by atoms with Crippen molar-refractivity contribution in [2.24, 2.45) is 13.0 Å². The van der Waals surface area contributed by atoms with Crippen LogP contribution in [-0.2, 0) is 7.05 Å². The normalized spacial score (nSPS) is 19.1. The zero-order chi connectivity index (χ0) is 17.3. The van der Waals surface area contributed by atoms with Crippen molar-refractivity contribution < 1.29 is 13.9 Å². The minimum absolute atomic E-state index is 0.0460. The topological polar surface area (TPSA) is 65.1 Å². The molecule has 0 spiro atoms. The molecule has 1 saturated heterocycles. The molecule has 24 heavy (non-hydrogen) atoms. The summed E-state index contributed by atoms with van der Waals surface area (Å²) < 4.78 is 30.2. The lowest BCUT2D eigenvalue weighted by atomic mass is 9.91. The predicted molar refractivity (Wildman–Crippen MR) is 84.2 cm³/mol. The summed E-state index contributed by atoms with van der Waals surface area (Å²) in [4.78, 5) is 5.76. The van der Waals surface area contributed by atoms with Crippen molar-refractivity contribution in [3.63, 3.8) is 0 Å². The summed E-state index contributed by atoms with van der Waals surface area (Å²) in [6.45, 7) is 0.831. The highest BCUT2D eigenvalue weighted by atomic mass is 19.1. The fourth-order valence-electron chi connectivity index (χ4n) is 3.28. The predicted octanol–water partition coefficient (Wildman–Crippen LogP) is 2.52. The molecule has 3 rings (SSSR count). The van der Waals surface area contributed by atoms with Crippen LogP contribution in [0.25, 0.3) is 0 Å². The van der Waals surface area contributed by atoms with Gasteiger partial charge < -0.3 is 14.6 Å². The van der Waals surface area contributed by atoms with E-state index in [-0.39, 0.29) is 17.2 Å². The van der Waals surface area contributed by atoms with Crippen LogP contribution in [0, 0.1) is 28.9 Å². The molecule has 0 saturated carbocycles. The molecule has 1 aromatic carbocycles. The van der Waals surface area contributed by atoms with Crippen LogP contribution in [-0.4, -0.2) is 27.7 Å². The number of aromatic nitrogens is 2. The summed E-state index contributed by atoms with van der Waals surface area (Å²) in [6, 6.07) is 3.82. The second kappa shape index (κ2) is 6.57.